The molecule has 1 unspecified atom stereocenters. The van der Waals surface area contributed by atoms with Crippen molar-refractivity contribution in [3.63, 3.8) is 0 Å². The summed E-state index contributed by atoms with van der Waals surface area (Å²) in [5, 5.41) is 2.77. The SMILES string of the molecule is CCNC(=O)CN(C)CC(N)c1ccccc1. The summed E-state index contributed by atoms with van der Waals surface area (Å²) in [5.74, 6) is 0.0373. The van der Waals surface area contributed by atoms with Crippen LogP contribution in [0, 0.1) is 0 Å². The number of nitrogens with two attached hydrogens (primary N) is 1. The summed E-state index contributed by atoms with van der Waals surface area (Å²) in [6, 6.07) is 9.86. The molecule has 1 aromatic carbocycles. The second kappa shape index (κ2) is 7.04. The van der Waals surface area contributed by atoms with Crippen LogP contribution in [0.1, 0.15) is 18.5 Å². The monoisotopic (exact) mass is 235 g/mol. The standard InChI is InChI=1S/C13H21N3O/c1-3-15-13(17)10-16(2)9-12(14)11-7-5-4-6-8-11/h4-8,12H,3,9-10,14H2,1-2H3,(H,15,17). The third-order valence-electron chi connectivity index (χ3n) is 2.52. The van der Waals surface area contributed by atoms with Crippen molar-refractivity contribution in [1.29, 1.82) is 0 Å². The zero-order chi connectivity index (χ0) is 12.7. The van der Waals surface area contributed by atoms with E-state index in [0.717, 1.165) is 5.56 Å². The van der Waals surface area contributed by atoms with Gasteiger partial charge in [0, 0.05) is 19.1 Å². The molecule has 94 valence electrons. The smallest absolute Gasteiger partial charge is 0.234 e. The number of benzene rings is 1. The van der Waals surface area contributed by atoms with Gasteiger partial charge in [-0.05, 0) is 19.5 Å². The lowest BCUT2D eigenvalue weighted by Gasteiger charge is -2.20. The Morgan fingerprint density at radius 3 is 2.65 bits per heavy atom. The first kappa shape index (κ1) is 13.7. The minimum absolute atomic E-state index is 0.0373. The Kier molecular flexibility index (Phi) is 5.66. The van der Waals surface area contributed by atoms with Gasteiger partial charge in [0.05, 0.1) is 6.54 Å². The highest BCUT2D eigenvalue weighted by molar-refractivity contribution is 5.77. The van der Waals surface area contributed by atoms with E-state index in [9.17, 15) is 4.79 Å². The van der Waals surface area contributed by atoms with Crippen LogP contribution in [0.25, 0.3) is 0 Å². The number of likely N-dealkylation sites (N-methyl/N-ethyl adjacent to an activating group) is 2. The summed E-state index contributed by atoms with van der Waals surface area (Å²) >= 11 is 0. The number of nitrogens with zero attached hydrogens (tertiary/aromatic N) is 1. The van der Waals surface area contributed by atoms with E-state index in [1.54, 1.807) is 0 Å². The molecule has 0 saturated carbocycles. The fraction of sp³-hybridized carbons (Fsp3) is 0.462. The van der Waals surface area contributed by atoms with Crippen molar-refractivity contribution in [1.82, 2.24) is 10.2 Å². The fourth-order valence-corrected chi connectivity index (χ4v) is 1.70. The third kappa shape index (κ3) is 4.97. The Bertz CT molecular complexity index is 340. The molecule has 0 saturated heterocycles. The Morgan fingerprint density at radius 1 is 1.41 bits per heavy atom. The molecule has 4 heteroatoms. The van der Waals surface area contributed by atoms with Gasteiger partial charge in [0.15, 0.2) is 0 Å². The number of carbonyl (C=O) groups is 1. The highest BCUT2D eigenvalue weighted by Crippen LogP contribution is 2.09. The topological polar surface area (TPSA) is 58.4 Å². The molecule has 1 aromatic rings. The Morgan fingerprint density at radius 2 is 2.06 bits per heavy atom. The predicted octanol–water partition coefficient (Wildman–Crippen LogP) is 0.754. The van der Waals surface area contributed by atoms with Gasteiger partial charge in [-0.1, -0.05) is 30.3 Å². The molecule has 0 fully saturated rings. The largest absolute Gasteiger partial charge is 0.355 e. The van der Waals surface area contributed by atoms with Crippen molar-refractivity contribution in [3.8, 4) is 0 Å². The van der Waals surface area contributed by atoms with Gasteiger partial charge in [0.25, 0.3) is 0 Å². The van der Waals surface area contributed by atoms with Gasteiger partial charge in [-0.25, -0.2) is 0 Å². The first-order valence-electron chi connectivity index (χ1n) is 5.89. The second-order valence-electron chi connectivity index (χ2n) is 4.17. The molecule has 0 aliphatic carbocycles. The van der Waals surface area contributed by atoms with Gasteiger partial charge in [0.2, 0.25) is 5.91 Å². The number of hydrogen-bond acceptors (Lipinski definition) is 3. The molecule has 17 heavy (non-hydrogen) atoms. The molecular weight excluding hydrogens is 214 g/mol. The lowest BCUT2D eigenvalue weighted by Crippen LogP contribution is -2.38. The third-order valence-corrected chi connectivity index (χ3v) is 2.52. The molecular formula is C13H21N3O. The molecule has 1 rings (SSSR count). The van der Waals surface area contributed by atoms with Crippen LogP contribution in [0.15, 0.2) is 30.3 Å². The molecule has 1 amide bonds. The number of carbonyl (C=O) groups excluding carboxylic acids is 1. The van der Waals surface area contributed by atoms with Crippen LogP contribution in [0.5, 0.6) is 0 Å². The average molecular weight is 235 g/mol. The minimum Gasteiger partial charge on any atom is -0.355 e. The molecule has 0 aliphatic heterocycles. The summed E-state index contributed by atoms with van der Waals surface area (Å²) in [7, 11) is 1.90. The summed E-state index contributed by atoms with van der Waals surface area (Å²) in [6.07, 6.45) is 0. The normalized spacial score (nSPS) is 12.5. The molecule has 0 spiro atoms. The second-order valence-corrected chi connectivity index (χ2v) is 4.17. The van der Waals surface area contributed by atoms with Crippen molar-refractivity contribution < 1.29 is 4.79 Å². The number of amides is 1. The Balaban J connectivity index is 2.41. The zero-order valence-electron chi connectivity index (χ0n) is 10.5. The molecule has 0 aromatic heterocycles. The number of nitrogens with one attached hydrogen (secondary N) is 1. The summed E-state index contributed by atoms with van der Waals surface area (Å²) < 4.78 is 0. The van der Waals surface area contributed by atoms with Crippen LogP contribution in [0.3, 0.4) is 0 Å². The molecule has 4 nitrogen and oxygen atoms in total. The summed E-state index contributed by atoms with van der Waals surface area (Å²) in [4.78, 5) is 13.3. The van der Waals surface area contributed by atoms with Crippen molar-refractivity contribution in [2.45, 2.75) is 13.0 Å². The van der Waals surface area contributed by atoms with E-state index in [1.807, 2.05) is 49.2 Å². The van der Waals surface area contributed by atoms with Crippen LogP contribution >= 0.6 is 0 Å². The summed E-state index contributed by atoms with van der Waals surface area (Å²) in [6.45, 7) is 3.63. The van der Waals surface area contributed by atoms with Crippen molar-refractivity contribution >= 4 is 5.91 Å². The van der Waals surface area contributed by atoms with E-state index in [4.69, 9.17) is 5.73 Å². The van der Waals surface area contributed by atoms with Crippen molar-refractivity contribution in [3.05, 3.63) is 35.9 Å². The van der Waals surface area contributed by atoms with Crippen molar-refractivity contribution in [2.24, 2.45) is 5.73 Å². The maximum Gasteiger partial charge on any atom is 0.234 e. The van der Waals surface area contributed by atoms with E-state index in [0.29, 0.717) is 19.6 Å². The van der Waals surface area contributed by atoms with E-state index < -0.39 is 0 Å². The highest BCUT2D eigenvalue weighted by Gasteiger charge is 2.11. The van der Waals surface area contributed by atoms with Gasteiger partial charge in [0.1, 0.15) is 0 Å². The summed E-state index contributed by atoms with van der Waals surface area (Å²) in [5.41, 5.74) is 7.17. The lowest BCUT2D eigenvalue weighted by molar-refractivity contribution is -0.121. The van der Waals surface area contributed by atoms with Gasteiger partial charge >= 0.3 is 0 Å². The molecule has 0 heterocycles. The van der Waals surface area contributed by atoms with E-state index in [1.165, 1.54) is 0 Å². The Labute approximate surface area is 103 Å². The van der Waals surface area contributed by atoms with Crippen LogP contribution < -0.4 is 11.1 Å². The van der Waals surface area contributed by atoms with E-state index in [2.05, 4.69) is 5.32 Å². The van der Waals surface area contributed by atoms with Gasteiger partial charge < -0.3 is 11.1 Å². The predicted molar refractivity (Wildman–Crippen MR) is 69.6 cm³/mol. The zero-order valence-corrected chi connectivity index (χ0v) is 10.5. The maximum atomic E-state index is 11.4. The van der Waals surface area contributed by atoms with E-state index >= 15 is 0 Å². The maximum absolute atomic E-state index is 11.4. The minimum atomic E-state index is -0.0596. The lowest BCUT2D eigenvalue weighted by atomic mass is 10.1. The molecule has 0 bridgehead atoms. The van der Waals surface area contributed by atoms with Crippen LogP contribution in [-0.4, -0.2) is 37.5 Å². The van der Waals surface area contributed by atoms with Crippen molar-refractivity contribution in [2.75, 3.05) is 26.7 Å². The molecule has 0 radical (unpaired) electrons. The van der Waals surface area contributed by atoms with E-state index in [-0.39, 0.29) is 11.9 Å². The molecule has 3 N–H and O–H groups in total. The Hall–Kier alpha value is -1.39. The first-order chi connectivity index (χ1) is 8.13. The average Bonchev–Trinajstić information content (AvgIpc) is 2.30. The number of hydrogen-bond donors (Lipinski definition) is 2. The fourth-order valence-electron chi connectivity index (χ4n) is 1.70. The van der Waals surface area contributed by atoms with Gasteiger partial charge in [-0.15, -0.1) is 0 Å². The number of rotatable bonds is 6. The molecule has 0 aliphatic rings. The van der Waals surface area contributed by atoms with Crippen LogP contribution in [0.4, 0.5) is 0 Å². The van der Waals surface area contributed by atoms with Gasteiger partial charge in [-0.2, -0.15) is 0 Å². The van der Waals surface area contributed by atoms with Crippen LogP contribution in [0.2, 0.25) is 0 Å². The van der Waals surface area contributed by atoms with Crippen LogP contribution in [-0.2, 0) is 4.79 Å². The quantitative estimate of drug-likeness (QED) is 0.765. The first-order valence-corrected chi connectivity index (χ1v) is 5.89. The highest BCUT2D eigenvalue weighted by atomic mass is 16.1. The molecule has 1 atom stereocenters. The van der Waals surface area contributed by atoms with Gasteiger partial charge in [-0.3, -0.25) is 9.69 Å².